The highest BCUT2D eigenvalue weighted by atomic mass is 19.1. The van der Waals surface area contributed by atoms with Gasteiger partial charge in [0, 0.05) is 16.3 Å². The van der Waals surface area contributed by atoms with Gasteiger partial charge >= 0.3 is 0 Å². The molecule has 0 nitrogen and oxygen atoms in total. The lowest BCUT2D eigenvalue weighted by molar-refractivity contribution is 0.630. The van der Waals surface area contributed by atoms with Crippen LogP contribution in [-0.4, -0.2) is 0 Å². The van der Waals surface area contributed by atoms with E-state index < -0.39 is 0 Å². The Kier molecular flexibility index (Phi) is 1.72. The van der Waals surface area contributed by atoms with Gasteiger partial charge in [-0.25, -0.2) is 8.78 Å². The molecule has 0 unspecified atom stereocenters. The zero-order valence-electron chi connectivity index (χ0n) is 9.37. The van der Waals surface area contributed by atoms with Gasteiger partial charge in [0.25, 0.3) is 0 Å². The number of fused-ring (bicyclic) bond motifs is 3. The summed E-state index contributed by atoms with van der Waals surface area (Å²) in [5, 5.41) is 1.18. The minimum atomic E-state index is -0.303. The lowest BCUT2D eigenvalue weighted by atomic mass is 10.0. The number of hydrogen-bond acceptors (Lipinski definition) is 0. The molecule has 4 rings (SSSR count). The molecular weight excluding hydrogens is 230 g/mol. The molecule has 86 valence electrons. The highest BCUT2D eigenvalue weighted by molar-refractivity contribution is 6.15. The van der Waals surface area contributed by atoms with Crippen LogP contribution in [0.1, 0.15) is 0 Å². The fourth-order valence-corrected chi connectivity index (χ4v) is 2.81. The van der Waals surface area contributed by atoms with E-state index in [1.54, 1.807) is 6.07 Å². The van der Waals surface area contributed by atoms with Crippen molar-refractivity contribution in [1.29, 1.82) is 0 Å². The molecule has 0 saturated heterocycles. The largest absolute Gasteiger partial charge is 0.206 e. The van der Waals surface area contributed by atoms with E-state index in [1.165, 1.54) is 18.2 Å². The van der Waals surface area contributed by atoms with Crippen molar-refractivity contribution in [2.24, 2.45) is 0 Å². The maximum atomic E-state index is 14.0. The fraction of sp³-hybridized carbons (Fsp3) is 0. The fourth-order valence-electron chi connectivity index (χ4n) is 2.81. The van der Waals surface area contributed by atoms with Crippen LogP contribution in [0.15, 0.2) is 48.5 Å². The first-order valence-corrected chi connectivity index (χ1v) is 5.78. The van der Waals surface area contributed by atoms with Crippen molar-refractivity contribution < 1.29 is 8.78 Å². The molecule has 3 aromatic carbocycles. The van der Waals surface area contributed by atoms with Crippen LogP contribution >= 0.6 is 0 Å². The van der Waals surface area contributed by atoms with Crippen LogP contribution < -0.4 is 0 Å². The van der Waals surface area contributed by atoms with Crippen LogP contribution in [-0.2, 0) is 0 Å². The van der Waals surface area contributed by atoms with Crippen LogP contribution in [0.3, 0.4) is 0 Å². The normalized spacial score (nSPS) is 11.9. The third kappa shape index (κ3) is 1.03. The molecule has 0 N–H and O–H groups in total. The van der Waals surface area contributed by atoms with Crippen molar-refractivity contribution in [3.05, 3.63) is 60.2 Å². The summed E-state index contributed by atoms with van der Waals surface area (Å²) in [5.74, 6) is -0.595. The van der Waals surface area contributed by atoms with Crippen molar-refractivity contribution in [3.8, 4) is 22.3 Å². The van der Waals surface area contributed by atoms with E-state index in [-0.39, 0.29) is 11.6 Å². The lowest BCUT2D eigenvalue weighted by Crippen LogP contribution is -1.85. The van der Waals surface area contributed by atoms with E-state index in [9.17, 15) is 8.78 Å². The van der Waals surface area contributed by atoms with Gasteiger partial charge in [-0.2, -0.15) is 0 Å². The molecule has 0 amide bonds. The summed E-state index contributed by atoms with van der Waals surface area (Å²) < 4.78 is 27.8. The zero-order valence-corrected chi connectivity index (χ0v) is 9.37. The van der Waals surface area contributed by atoms with E-state index >= 15 is 0 Å². The van der Waals surface area contributed by atoms with Crippen molar-refractivity contribution in [2.45, 2.75) is 0 Å². The molecule has 0 atom stereocenters. The van der Waals surface area contributed by atoms with E-state index in [4.69, 9.17) is 0 Å². The molecule has 0 radical (unpaired) electrons. The number of halogens is 2. The van der Waals surface area contributed by atoms with E-state index in [0.29, 0.717) is 16.3 Å². The Hall–Kier alpha value is -2.22. The van der Waals surface area contributed by atoms with Gasteiger partial charge in [0.15, 0.2) is 0 Å². The summed E-state index contributed by atoms with van der Waals surface area (Å²) in [7, 11) is 0. The predicted octanol–water partition coefficient (Wildman–Crippen LogP) is 4.77. The van der Waals surface area contributed by atoms with Crippen molar-refractivity contribution in [3.63, 3.8) is 0 Å². The second-order valence-corrected chi connectivity index (χ2v) is 4.49. The summed E-state index contributed by atoms with van der Waals surface area (Å²) in [5.41, 5.74) is 3.26. The Morgan fingerprint density at radius 2 is 1.33 bits per heavy atom. The molecule has 0 spiro atoms. The molecule has 0 bridgehead atoms. The SMILES string of the molecule is Fc1ccc2c(F)ccc3c2c1-c1ccccc1-3. The maximum absolute atomic E-state index is 14.0. The van der Waals surface area contributed by atoms with Crippen LogP contribution in [0.4, 0.5) is 8.78 Å². The third-order valence-electron chi connectivity index (χ3n) is 3.56. The number of hydrogen-bond donors (Lipinski definition) is 0. The molecule has 18 heavy (non-hydrogen) atoms. The highest BCUT2D eigenvalue weighted by Crippen LogP contribution is 2.48. The Balaban J connectivity index is 2.32. The standard InChI is InChI=1S/C16H8F2/c17-13-7-5-11-9-3-1-2-4-10(9)16-14(18)8-6-12(13)15(11)16/h1-8H. The monoisotopic (exact) mass is 238 g/mol. The van der Waals surface area contributed by atoms with E-state index in [1.807, 2.05) is 24.3 Å². The smallest absolute Gasteiger partial charge is 0.131 e. The topological polar surface area (TPSA) is 0 Å². The summed E-state index contributed by atoms with van der Waals surface area (Å²) in [6.07, 6.45) is 0. The first-order valence-electron chi connectivity index (χ1n) is 5.78. The van der Waals surface area contributed by atoms with Gasteiger partial charge in [-0.1, -0.05) is 30.3 Å². The minimum Gasteiger partial charge on any atom is -0.206 e. The van der Waals surface area contributed by atoms with Gasteiger partial charge in [-0.3, -0.25) is 0 Å². The van der Waals surface area contributed by atoms with E-state index in [0.717, 1.165) is 16.7 Å². The second-order valence-electron chi connectivity index (χ2n) is 4.49. The van der Waals surface area contributed by atoms with Crippen molar-refractivity contribution in [2.75, 3.05) is 0 Å². The average molecular weight is 238 g/mol. The van der Waals surface area contributed by atoms with Crippen LogP contribution in [0.2, 0.25) is 0 Å². The average Bonchev–Trinajstić information content (AvgIpc) is 2.72. The van der Waals surface area contributed by atoms with Gasteiger partial charge in [-0.05, 0) is 34.9 Å². The maximum Gasteiger partial charge on any atom is 0.131 e. The molecule has 0 saturated carbocycles. The Morgan fingerprint density at radius 1 is 0.611 bits per heavy atom. The molecule has 2 heteroatoms. The van der Waals surface area contributed by atoms with Crippen LogP contribution in [0, 0.1) is 11.6 Å². The summed E-state index contributed by atoms with van der Waals surface area (Å²) in [6, 6.07) is 13.6. The van der Waals surface area contributed by atoms with Gasteiger partial charge in [-0.15, -0.1) is 0 Å². The molecule has 0 aliphatic heterocycles. The molecule has 0 heterocycles. The molecule has 1 aliphatic carbocycles. The predicted molar refractivity (Wildman–Crippen MR) is 68.3 cm³/mol. The Bertz CT molecular complexity index is 804. The summed E-state index contributed by atoms with van der Waals surface area (Å²) in [4.78, 5) is 0. The number of benzene rings is 3. The quantitative estimate of drug-likeness (QED) is 0.414. The Labute approximate surface area is 102 Å². The van der Waals surface area contributed by atoms with Gasteiger partial charge in [0.2, 0.25) is 0 Å². The van der Waals surface area contributed by atoms with Crippen molar-refractivity contribution >= 4 is 10.8 Å². The summed E-state index contributed by atoms with van der Waals surface area (Å²) >= 11 is 0. The molecule has 3 aromatic rings. The molecule has 0 aromatic heterocycles. The number of rotatable bonds is 0. The molecular formula is C16H8F2. The van der Waals surface area contributed by atoms with Crippen molar-refractivity contribution in [1.82, 2.24) is 0 Å². The van der Waals surface area contributed by atoms with E-state index in [2.05, 4.69) is 0 Å². The minimum absolute atomic E-state index is 0.292. The zero-order chi connectivity index (χ0) is 12.3. The van der Waals surface area contributed by atoms with Crippen LogP contribution in [0.5, 0.6) is 0 Å². The summed E-state index contributed by atoms with van der Waals surface area (Å²) in [6.45, 7) is 0. The Morgan fingerprint density at radius 3 is 2.17 bits per heavy atom. The van der Waals surface area contributed by atoms with Crippen LogP contribution in [0.25, 0.3) is 33.0 Å². The first kappa shape index (κ1) is 9.77. The lowest BCUT2D eigenvalue weighted by Gasteiger charge is -2.04. The first-order chi connectivity index (χ1) is 8.77. The van der Waals surface area contributed by atoms with Gasteiger partial charge < -0.3 is 0 Å². The molecule has 0 fully saturated rings. The highest BCUT2D eigenvalue weighted by Gasteiger charge is 2.24. The second kappa shape index (κ2) is 3.16. The molecule has 1 aliphatic rings. The van der Waals surface area contributed by atoms with Gasteiger partial charge in [0.05, 0.1) is 0 Å². The van der Waals surface area contributed by atoms with Gasteiger partial charge in [0.1, 0.15) is 11.6 Å². The third-order valence-corrected chi connectivity index (χ3v) is 3.56.